The van der Waals surface area contributed by atoms with Gasteiger partial charge in [0.25, 0.3) is 0 Å². The first kappa shape index (κ1) is 15.0. The molecule has 0 aliphatic rings. The maximum absolute atomic E-state index is 13.4. The van der Waals surface area contributed by atoms with Crippen molar-refractivity contribution in [3.05, 3.63) is 57.3 Å². The second-order valence-corrected chi connectivity index (χ2v) is 5.49. The molecule has 0 spiro atoms. The van der Waals surface area contributed by atoms with Crippen molar-refractivity contribution in [1.29, 1.82) is 0 Å². The maximum atomic E-state index is 13.4. The summed E-state index contributed by atoms with van der Waals surface area (Å²) in [5.41, 5.74) is 8.67. The van der Waals surface area contributed by atoms with Gasteiger partial charge in [0.2, 0.25) is 0 Å². The molecular weight excluding hydrogens is 318 g/mol. The van der Waals surface area contributed by atoms with Gasteiger partial charge in [-0.1, -0.05) is 47.6 Å². The Morgan fingerprint density at radius 2 is 1.85 bits per heavy atom. The van der Waals surface area contributed by atoms with Crippen LogP contribution in [0, 0.1) is 12.7 Å². The third-order valence-corrected chi connectivity index (χ3v) is 3.56. The Labute approximate surface area is 131 Å². The van der Waals surface area contributed by atoms with Crippen molar-refractivity contribution in [3.63, 3.8) is 0 Å². The van der Waals surface area contributed by atoms with Gasteiger partial charge in [0.1, 0.15) is 4.99 Å². The number of anilines is 2. The first-order valence-electron chi connectivity index (χ1n) is 5.71. The van der Waals surface area contributed by atoms with Gasteiger partial charge in [0, 0.05) is 11.3 Å². The Morgan fingerprint density at radius 3 is 2.40 bits per heavy atom. The van der Waals surface area contributed by atoms with E-state index in [2.05, 4.69) is 5.32 Å². The number of hydrogen-bond acceptors (Lipinski definition) is 2. The summed E-state index contributed by atoms with van der Waals surface area (Å²) in [5, 5.41) is 3.03. The van der Waals surface area contributed by atoms with Crippen molar-refractivity contribution in [3.8, 4) is 0 Å². The Balaban J connectivity index is 2.47. The summed E-state index contributed by atoms with van der Waals surface area (Å²) in [6, 6.07) is 8.50. The van der Waals surface area contributed by atoms with Gasteiger partial charge in [-0.2, -0.15) is 0 Å². The quantitative estimate of drug-likeness (QED) is 0.626. The Bertz CT molecular complexity index is 666. The molecule has 3 N–H and O–H groups in total. The van der Waals surface area contributed by atoms with Crippen molar-refractivity contribution in [2.75, 3.05) is 5.32 Å². The van der Waals surface area contributed by atoms with Crippen LogP contribution >= 0.6 is 35.4 Å². The van der Waals surface area contributed by atoms with Crippen LogP contribution in [0.4, 0.5) is 15.8 Å². The molecule has 104 valence electrons. The van der Waals surface area contributed by atoms with E-state index in [1.165, 1.54) is 12.1 Å². The van der Waals surface area contributed by atoms with Gasteiger partial charge in [-0.3, -0.25) is 0 Å². The van der Waals surface area contributed by atoms with Crippen LogP contribution in [0.15, 0.2) is 30.3 Å². The Kier molecular flexibility index (Phi) is 4.48. The smallest absolute Gasteiger partial charge is 0.160 e. The van der Waals surface area contributed by atoms with Crippen molar-refractivity contribution < 1.29 is 4.39 Å². The zero-order valence-electron chi connectivity index (χ0n) is 10.5. The van der Waals surface area contributed by atoms with Crippen molar-refractivity contribution in [2.45, 2.75) is 6.92 Å². The molecule has 0 aromatic heterocycles. The van der Waals surface area contributed by atoms with Gasteiger partial charge >= 0.3 is 0 Å². The van der Waals surface area contributed by atoms with Crippen LogP contribution in [0.2, 0.25) is 10.0 Å². The van der Waals surface area contributed by atoms with Crippen molar-refractivity contribution >= 4 is 51.8 Å². The number of benzene rings is 2. The highest BCUT2D eigenvalue weighted by Crippen LogP contribution is 2.31. The molecule has 6 heteroatoms. The predicted octanol–water partition coefficient (Wildman–Crippen LogP) is 4.82. The van der Waals surface area contributed by atoms with E-state index in [-0.39, 0.29) is 15.0 Å². The molecule has 0 amide bonds. The Hall–Kier alpha value is -1.36. The number of aryl methyl sites for hydroxylation is 1. The second kappa shape index (κ2) is 5.95. The Morgan fingerprint density at radius 1 is 1.25 bits per heavy atom. The fraction of sp³-hybridized carbons (Fsp3) is 0.0714. The summed E-state index contributed by atoms with van der Waals surface area (Å²) >= 11 is 16.6. The first-order valence-corrected chi connectivity index (χ1v) is 6.87. The number of halogens is 3. The fourth-order valence-electron chi connectivity index (χ4n) is 1.81. The molecule has 0 unspecified atom stereocenters. The second-order valence-electron chi connectivity index (χ2n) is 4.24. The largest absolute Gasteiger partial charge is 0.389 e. The van der Waals surface area contributed by atoms with Crippen LogP contribution < -0.4 is 11.1 Å². The molecule has 0 saturated heterocycles. The van der Waals surface area contributed by atoms with Gasteiger partial charge in [0.15, 0.2) is 5.82 Å². The molecule has 0 radical (unpaired) electrons. The molecule has 0 bridgehead atoms. The van der Waals surface area contributed by atoms with E-state index in [0.29, 0.717) is 11.3 Å². The van der Waals surface area contributed by atoms with Gasteiger partial charge in [-0.25, -0.2) is 4.39 Å². The average Bonchev–Trinajstić information content (AvgIpc) is 2.38. The molecule has 0 atom stereocenters. The molecule has 0 fully saturated rings. The third-order valence-electron chi connectivity index (χ3n) is 2.79. The lowest BCUT2D eigenvalue weighted by Crippen LogP contribution is -2.12. The van der Waals surface area contributed by atoms with Crippen LogP contribution in [0.25, 0.3) is 0 Å². The summed E-state index contributed by atoms with van der Waals surface area (Å²) < 4.78 is 13.4. The lowest BCUT2D eigenvalue weighted by molar-refractivity contribution is 0.629. The molecule has 0 saturated carbocycles. The molecule has 0 heterocycles. The molecule has 2 aromatic carbocycles. The number of para-hydroxylation sites is 1. The highest BCUT2D eigenvalue weighted by atomic mass is 35.5. The van der Waals surface area contributed by atoms with Crippen LogP contribution in [0.5, 0.6) is 0 Å². The normalized spacial score (nSPS) is 10.4. The molecular formula is C14H11Cl2FN2S. The standard InChI is InChI=1S/C14H11Cl2FN2S/c1-7-3-2-4-9(14(18)20)13(7)19-8-5-10(15)12(17)11(16)6-8/h2-6,19H,1H3,(H2,18,20). The van der Waals surface area contributed by atoms with Crippen LogP contribution in [0.3, 0.4) is 0 Å². The van der Waals surface area contributed by atoms with Crippen molar-refractivity contribution in [1.82, 2.24) is 0 Å². The van der Waals surface area contributed by atoms with Crippen LogP contribution in [-0.2, 0) is 0 Å². The zero-order chi connectivity index (χ0) is 14.9. The molecule has 2 nitrogen and oxygen atoms in total. The number of thiocarbonyl (C=S) groups is 1. The average molecular weight is 329 g/mol. The summed E-state index contributed by atoms with van der Waals surface area (Å²) in [6.45, 7) is 1.91. The molecule has 2 rings (SSSR count). The maximum Gasteiger partial charge on any atom is 0.160 e. The van der Waals surface area contributed by atoms with Crippen LogP contribution in [0.1, 0.15) is 11.1 Å². The van der Waals surface area contributed by atoms with Gasteiger partial charge in [0.05, 0.1) is 15.7 Å². The number of nitrogens with one attached hydrogen (secondary N) is 1. The topological polar surface area (TPSA) is 38.0 Å². The molecule has 2 aromatic rings. The minimum atomic E-state index is -0.641. The fourth-order valence-corrected chi connectivity index (χ4v) is 2.47. The third kappa shape index (κ3) is 3.03. The van der Waals surface area contributed by atoms with E-state index < -0.39 is 5.82 Å². The van der Waals surface area contributed by atoms with E-state index in [1.54, 1.807) is 0 Å². The van der Waals surface area contributed by atoms with E-state index in [9.17, 15) is 4.39 Å². The van der Waals surface area contributed by atoms with E-state index in [1.807, 2.05) is 25.1 Å². The van der Waals surface area contributed by atoms with Crippen LogP contribution in [-0.4, -0.2) is 4.99 Å². The minimum Gasteiger partial charge on any atom is -0.389 e. The van der Waals surface area contributed by atoms with Gasteiger partial charge in [-0.05, 0) is 30.7 Å². The summed E-state index contributed by atoms with van der Waals surface area (Å²) in [6.07, 6.45) is 0. The SMILES string of the molecule is Cc1cccc(C(N)=S)c1Nc1cc(Cl)c(F)c(Cl)c1. The monoisotopic (exact) mass is 328 g/mol. The number of nitrogens with two attached hydrogens (primary N) is 1. The summed E-state index contributed by atoms with van der Waals surface area (Å²) in [5.74, 6) is -0.641. The minimum absolute atomic E-state index is 0.0505. The predicted molar refractivity (Wildman–Crippen MR) is 86.8 cm³/mol. The molecule has 20 heavy (non-hydrogen) atoms. The number of rotatable bonds is 3. The highest BCUT2D eigenvalue weighted by molar-refractivity contribution is 7.80. The first-order chi connectivity index (χ1) is 9.40. The highest BCUT2D eigenvalue weighted by Gasteiger charge is 2.11. The van der Waals surface area contributed by atoms with E-state index in [4.69, 9.17) is 41.2 Å². The summed E-state index contributed by atoms with van der Waals surface area (Å²) in [7, 11) is 0. The molecule has 0 aliphatic carbocycles. The zero-order valence-corrected chi connectivity index (χ0v) is 12.8. The van der Waals surface area contributed by atoms with Crippen molar-refractivity contribution in [2.24, 2.45) is 5.73 Å². The lowest BCUT2D eigenvalue weighted by atomic mass is 10.1. The lowest BCUT2D eigenvalue weighted by Gasteiger charge is -2.15. The summed E-state index contributed by atoms with van der Waals surface area (Å²) in [4.78, 5) is 0.274. The molecule has 0 aliphatic heterocycles. The number of hydrogen-bond donors (Lipinski definition) is 2. The van der Waals surface area contributed by atoms with E-state index >= 15 is 0 Å². The van der Waals surface area contributed by atoms with Gasteiger partial charge in [-0.15, -0.1) is 0 Å². The van der Waals surface area contributed by atoms with Gasteiger partial charge < -0.3 is 11.1 Å². The van der Waals surface area contributed by atoms with E-state index in [0.717, 1.165) is 11.3 Å².